The minimum Gasteiger partial charge on any atom is -0.356 e. The van der Waals surface area contributed by atoms with Gasteiger partial charge in [0.05, 0.1) is 6.61 Å². The van der Waals surface area contributed by atoms with Gasteiger partial charge in [0.15, 0.2) is 0 Å². The molecule has 1 unspecified atom stereocenters. The van der Waals surface area contributed by atoms with Crippen molar-refractivity contribution in [2.75, 3.05) is 19.8 Å². The molecule has 0 aromatic rings. The van der Waals surface area contributed by atoms with Gasteiger partial charge < -0.3 is 14.7 Å². The van der Waals surface area contributed by atoms with Gasteiger partial charge in [0.1, 0.15) is 0 Å². The third-order valence-corrected chi connectivity index (χ3v) is 6.05. The molecule has 0 spiro atoms. The van der Waals surface area contributed by atoms with E-state index in [9.17, 15) is 9.36 Å². The van der Waals surface area contributed by atoms with Gasteiger partial charge in [0.2, 0.25) is 5.91 Å². The SMILES string of the molecule is CCCCCCCC/C=C/CCCCCCCC(=O)NCCCCCCOP(C)(=O)O. The van der Waals surface area contributed by atoms with Gasteiger partial charge in [-0.25, -0.2) is 0 Å². The van der Waals surface area contributed by atoms with Crippen LogP contribution in [0.5, 0.6) is 0 Å². The Labute approximate surface area is 192 Å². The lowest BCUT2D eigenvalue weighted by atomic mass is 10.1. The molecule has 0 rings (SSSR count). The summed E-state index contributed by atoms with van der Waals surface area (Å²) in [5.41, 5.74) is 0. The van der Waals surface area contributed by atoms with Gasteiger partial charge in [-0.15, -0.1) is 0 Å². The van der Waals surface area contributed by atoms with Crippen molar-refractivity contribution in [2.24, 2.45) is 0 Å². The maximum Gasteiger partial charge on any atom is 0.325 e. The van der Waals surface area contributed by atoms with E-state index in [1.54, 1.807) is 0 Å². The molecular weight excluding hydrogens is 409 g/mol. The van der Waals surface area contributed by atoms with Crippen LogP contribution in [0.4, 0.5) is 0 Å². The van der Waals surface area contributed by atoms with Crippen LogP contribution in [0, 0.1) is 0 Å². The zero-order valence-corrected chi connectivity index (χ0v) is 21.3. The average molecular weight is 460 g/mol. The second-order valence-corrected chi connectivity index (χ2v) is 10.6. The van der Waals surface area contributed by atoms with E-state index in [1.807, 2.05) is 0 Å². The van der Waals surface area contributed by atoms with Crippen LogP contribution >= 0.6 is 7.60 Å². The molecule has 1 amide bonds. The highest BCUT2D eigenvalue weighted by Gasteiger charge is 2.08. The molecule has 5 nitrogen and oxygen atoms in total. The molecule has 184 valence electrons. The molecule has 0 bridgehead atoms. The maximum absolute atomic E-state index is 11.8. The molecule has 0 saturated heterocycles. The zero-order valence-electron chi connectivity index (χ0n) is 20.4. The molecule has 0 aliphatic heterocycles. The Bertz CT molecular complexity index is 476. The van der Waals surface area contributed by atoms with Crippen molar-refractivity contribution in [3.8, 4) is 0 Å². The van der Waals surface area contributed by atoms with E-state index in [0.29, 0.717) is 13.0 Å². The molecule has 2 N–H and O–H groups in total. The fourth-order valence-corrected chi connectivity index (χ4v) is 3.95. The van der Waals surface area contributed by atoms with E-state index in [1.165, 1.54) is 77.3 Å². The molecule has 1 atom stereocenters. The van der Waals surface area contributed by atoms with E-state index in [-0.39, 0.29) is 5.91 Å². The van der Waals surface area contributed by atoms with Crippen LogP contribution in [-0.4, -0.2) is 30.6 Å². The summed E-state index contributed by atoms with van der Waals surface area (Å²) in [6.45, 7) is 4.51. The smallest absolute Gasteiger partial charge is 0.325 e. The number of carbonyl (C=O) groups excluding carboxylic acids is 1. The Hall–Kier alpha value is -0.640. The predicted octanol–water partition coefficient (Wildman–Crippen LogP) is 7.53. The Morgan fingerprint density at radius 2 is 1.32 bits per heavy atom. The molecule has 0 heterocycles. The first-order valence-electron chi connectivity index (χ1n) is 12.8. The molecule has 6 heteroatoms. The first kappa shape index (κ1) is 30.4. The van der Waals surface area contributed by atoms with E-state index in [2.05, 4.69) is 24.4 Å². The molecule has 0 aliphatic carbocycles. The van der Waals surface area contributed by atoms with Crippen molar-refractivity contribution in [3.05, 3.63) is 12.2 Å². The Morgan fingerprint density at radius 3 is 1.94 bits per heavy atom. The zero-order chi connectivity index (χ0) is 23.0. The first-order chi connectivity index (χ1) is 15.0. The van der Waals surface area contributed by atoms with Gasteiger partial charge in [0, 0.05) is 19.6 Å². The van der Waals surface area contributed by atoms with Gasteiger partial charge in [-0.2, -0.15) is 0 Å². The largest absolute Gasteiger partial charge is 0.356 e. The molecule has 0 aliphatic rings. The van der Waals surface area contributed by atoms with Gasteiger partial charge in [0.25, 0.3) is 0 Å². The first-order valence-corrected chi connectivity index (χ1v) is 14.8. The van der Waals surface area contributed by atoms with Gasteiger partial charge >= 0.3 is 7.60 Å². The van der Waals surface area contributed by atoms with Gasteiger partial charge in [-0.3, -0.25) is 9.36 Å². The highest BCUT2D eigenvalue weighted by molar-refractivity contribution is 7.51. The molecule has 31 heavy (non-hydrogen) atoms. The van der Waals surface area contributed by atoms with Crippen molar-refractivity contribution in [2.45, 2.75) is 122 Å². The lowest BCUT2D eigenvalue weighted by Gasteiger charge is -2.07. The van der Waals surface area contributed by atoms with Crippen molar-refractivity contribution in [1.29, 1.82) is 0 Å². The second kappa shape index (κ2) is 22.6. The summed E-state index contributed by atoms with van der Waals surface area (Å²) in [5, 5.41) is 2.98. The molecule has 0 radical (unpaired) electrons. The lowest BCUT2D eigenvalue weighted by molar-refractivity contribution is -0.121. The fraction of sp³-hybridized carbons (Fsp3) is 0.880. The quantitative estimate of drug-likeness (QED) is 0.0940. The molecule has 0 saturated carbocycles. The van der Waals surface area contributed by atoms with Crippen molar-refractivity contribution in [1.82, 2.24) is 5.32 Å². The number of carbonyl (C=O) groups is 1. The van der Waals surface area contributed by atoms with Crippen LogP contribution in [0.2, 0.25) is 0 Å². The topological polar surface area (TPSA) is 75.6 Å². The Morgan fingerprint density at radius 1 is 0.806 bits per heavy atom. The van der Waals surface area contributed by atoms with Crippen LogP contribution < -0.4 is 5.32 Å². The minimum atomic E-state index is -3.33. The molecule has 0 fully saturated rings. The number of hydrogen-bond acceptors (Lipinski definition) is 3. The van der Waals surface area contributed by atoms with Crippen molar-refractivity contribution >= 4 is 13.5 Å². The number of rotatable bonds is 23. The number of allylic oxidation sites excluding steroid dienone is 2. The fourth-order valence-electron chi connectivity index (χ4n) is 3.49. The monoisotopic (exact) mass is 459 g/mol. The normalized spacial score (nSPS) is 13.5. The summed E-state index contributed by atoms with van der Waals surface area (Å²) in [6.07, 6.45) is 25.5. The van der Waals surface area contributed by atoms with Crippen LogP contribution in [-0.2, 0) is 13.9 Å². The van der Waals surface area contributed by atoms with Crippen LogP contribution in [0.1, 0.15) is 122 Å². The van der Waals surface area contributed by atoms with Crippen LogP contribution in [0.15, 0.2) is 12.2 Å². The summed E-state index contributed by atoms with van der Waals surface area (Å²) in [7, 11) is -3.33. The summed E-state index contributed by atoms with van der Waals surface area (Å²) in [5.74, 6) is 0.160. The van der Waals surface area contributed by atoms with Gasteiger partial charge in [-0.1, -0.05) is 83.3 Å². The Kier molecular flexibility index (Phi) is 22.1. The summed E-state index contributed by atoms with van der Waals surface area (Å²) >= 11 is 0. The van der Waals surface area contributed by atoms with Crippen LogP contribution in [0.25, 0.3) is 0 Å². The maximum atomic E-state index is 11.8. The van der Waals surface area contributed by atoms with Gasteiger partial charge in [-0.05, 0) is 44.9 Å². The molecular formula is C25H50NO4P. The Balaban J connectivity index is 3.25. The standard InChI is InChI=1S/C25H50NO4P/c1-3-4-5-6-7-8-9-10-11-12-13-14-15-16-19-22-25(27)26-23-20-17-18-21-24-30-31(2,28)29/h10-11H,3-9,12-24H2,1-2H3,(H,26,27)(H,28,29)/b11-10+. The highest BCUT2D eigenvalue weighted by Crippen LogP contribution is 2.36. The summed E-state index contributed by atoms with van der Waals surface area (Å²) in [6, 6.07) is 0. The molecule has 0 aromatic carbocycles. The average Bonchev–Trinajstić information content (AvgIpc) is 2.72. The number of amides is 1. The third kappa shape index (κ3) is 27.3. The summed E-state index contributed by atoms with van der Waals surface area (Å²) < 4.78 is 15.8. The molecule has 0 aromatic heterocycles. The minimum absolute atomic E-state index is 0.160. The van der Waals surface area contributed by atoms with E-state index in [4.69, 9.17) is 9.42 Å². The lowest BCUT2D eigenvalue weighted by Crippen LogP contribution is -2.23. The van der Waals surface area contributed by atoms with E-state index >= 15 is 0 Å². The third-order valence-electron chi connectivity index (χ3n) is 5.39. The summed E-state index contributed by atoms with van der Waals surface area (Å²) in [4.78, 5) is 20.8. The van der Waals surface area contributed by atoms with Crippen molar-refractivity contribution in [3.63, 3.8) is 0 Å². The number of nitrogens with one attached hydrogen (secondary N) is 1. The van der Waals surface area contributed by atoms with E-state index in [0.717, 1.165) is 45.1 Å². The van der Waals surface area contributed by atoms with Crippen molar-refractivity contribution < 1.29 is 18.8 Å². The predicted molar refractivity (Wildman–Crippen MR) is 133 cm³/mol. The van der Waals surface area contributed by atoms with E-state index < -0.39 is 7.60 Å². The number of hydrogen-bond donors (Lipinski definition) is 2. The number of unbranched alkanes of at least 4 members (excludes halogenated alkanes) is 14. The highest BCUT2D eigenvalue weighted by atomic mass is 31.2. The second-order valence-electron chi connectivity index (χ2n) is 8.73. The van der Waals surface area contributed by atoms with Crippen LogP contribution in [0.3, 0.4) is 0 Å².